The molecule has 2 aliphatic rings. The SMILES string of the molecule is CC(C)C(N)CN1CC2(CCCC2)C1. The summed E-state index contributed by atoms with van der Waals surface area (Å²) < 4.78 is 0. The molecule has 0 radical (unpaired) electrons. The molecule has 0 amide bonds. The Balaban J connectivity index is 1.72. The zero-order valence-electron chi connectivity index (χ0n) is 9.63. The van der Waals surface area contributed by atoms with Crippen LogP contribution in [0.4, 0.5) is 0 Å². The fourth-order valence-electron chi connectivity index (χ4n) is 2.98. The summed E-state index contributed by atoms with van der Waals surface area (Å²) in [5.41, 5.74) is 6.81. The number of rotatable bonds is 3. The Labute approximate surface area is 87.8 Å². The maximum Gasteiger partial charge on any atom is 0.0191 e. The summed E-state index contributed by atoms with van der Waals surface area (Å²) in [6.07, 6.45) is 5.87. The third-order valence-corrected chi connectivity index (χ3v) is 4.11. The van der Waals surface area contributed by atoms with Gasteiger partial charge in [-0.05, 0) is 24.2 Å². The van der Waals surface area contributed by atoms with Crippen LogP contribution in [0.1, 0.15) is 39.5 Å². The van der Waals surface area contributed by atoms with Crippen molar-refractivity contribution in [2.24, 2.45) is 17.1 Å². The second kappa shape index (κ2) is 3.82. The van der Waals surface area contributed by atoms with Gasteiger partial charge in [-0.15, -0.1) is 0 Å². The molecule has 1 saturated carbocycles. The first-order chi connectivity index (χ1) is 6.61. The van der Waals surface area contributed by atoms with Crippen molar-refractivity contribution in [3.63, 3.8) is 0 Å². The number of nitrogens with zero attached hydrogens (tertiary/aromatic N) is 1. The molecule has 0 aromatic rings. The number of hydrogen-bond acceptors (Lipinski definition) is 2. The van der Waals surface area contributed by atoms with Gasteiger partial charge < -0.3 is 10.6 Å². The molecule has 0 aromatic heterocycles. The molecule has 1 heterocycles. The van der Waals surface area contributed by atoms with Crippen LogP contribution in [0.3, 0.4) is 0 Å². The monoisotopic (exact) mass is 196 g/mol. The summed E-state index contributed by atoms with van der Waals surface area (Å²) in [5.74, 6) is 0.620. The van der Waals surface area contributed by atoms with Gasteiger partial charge in [0, 0.05) is 25.7 Å². The Morgan fingerprint density at radius 1 is 1.21 bits per heavy atom. The van der Waals surface area contributed by atoms with Gasteiger partial charge in [0.05, 0.1) is 0 Å². The minimum atomic E-state index is 0.369. The topological polar surface area (TPSA) is 29.3 Å². The highest BCUT2D eigenvalue weighted by Crippen LogP contribution is 2.45. The molecular formula is C12H24N2. The molecule has 2 fully saturated rings. The van der Waals surface area contributed by atoms with E-state index in [0.717, 1.165) is 12.0 Å². The molecule has 0 aromatic carbocycles. The molecule has 14 heavy (non-hydrogen) atoms. The first-order valence-electron chi connectivity index (χ1n) is 6.09. The van der Waals surface area contributed by atoms with Gasteiger partial charge in [0.1, 0.15) is 0 Å². The first kappa shape index (κ1) is 10.4. The number of likely N-dealkylation sites (tertiary alicyclic amines) is 1. The summed E-state index contributed by atoms with van der Waals surface area (Å²) in [4.78, 5) is 2.55. The van der Waals surface area contributed by atoms with Crippen LogP contribution < -0.4 is 5.73 Å². The third-order valence-electron chi connectivity index (χ3n) is 4.11. The standard InChI is InChI=1S/C12H24N2/c1-10(2)11(13)7-14-8-12(9-14)5-3-4-6-12/h10-11H,3-9,13H2,1-2H3. The summed E-state index contributed by atoms with van der Waals surface area (Å²) in [6, 6.07) is 0.369. The molecule has 1 saturated heterocycles. The highest BCUT2D eigenvalue weighted by molar-refractivity contribution is 4.98. The van der Waals surface area contributed by atoms with Crippen LogP contribution in [-0.4, -0.2) is 30.6 Å². The van der Waals surface area contributed by atoms with E-state index >= 15 is 0 Å². The normalized spacial score (nSPS) is 28.3. The predicted molar refractivity (Wildman–Crippen MR) is 60.2 cm³/mol. The van der Waals surface area contributed by atoms with E-state index in [0.29, 0.717) is 12.0 Å². The molecule has 1 unspecified atom stereocenters. The average Bonchev–Trinajstić information content (AvgIpc) is 2.51. The van der Waals surface area contributed by atoms with Gasteiger partial charge in [-0.2, -0.15) is 0 Å². The van der Waals surface area contributed by atoms with Crippen molar-refractivity contribution in [3.05, 3.63) is 0 Å². The maximum absolute atomic E-state index is 6.07. The highest BCUT2D eigenvalue weighted by atomic mass is 15.2. The van der Waals surface area contributed by atoms with E-state index in [2.05, 4.69) is 18.7 Å². The van der Waals surface area contributed by atoms with Crippen molar-refractivity contribution in [2.75, 3.05) is 19.6 Å². The highest BCUT2D eigenvalue weighted by Gasteiger charge is 2.44. The summed E-state index contributed by atoms with van der Waals surface area (Å²) in [6.45, 7) is 8.20. The van der Waals surface area contributed by atoms with E-state index in [1.807, 2.05) is 0 Å². The quantitative estimate of drug-likeness (QED) is 0.746. The smallest absolute Gasteiger partial charge is 0.0191 e. The van der Waals surface area contributed by atoms with Gasteiger partial charge >= 0.3 is 0 Å². The van der Waals surface area contributed by atoms with Crippen molar-refractivity contribution < 1.29 is 0 Å². The van der Waals surface area contributed by atoms with E-state index in [1.165, 1.54) is 38.8 Å². The Morgan fingerprint density at radius 2 is 1.79 bits per heavy atom. The Hall–Kier alpha value is -0.0800. The van der Waals surface area contributed by atoms with Crippen LogP contribution in [-0.2, 0) is 0 Å². The van der Waals surface area contributed by atoms with Crippen LogP contribution in [0.5, 0.6) is 0 Å². The van der Waals surface area contributed by atoms with E-state index in [-0.39, 0.29) is 0 Å². The molecule has 0 bridgehead atoms. The van der Waals surface area contributed by atoms with E-state index < -0.39 is 0 Å². The van der Waals surface area contributed by atoms with Crippen LogP contribution in [0.25, 0.3) is 0 Å². The van der Waals surface area contributed by atoms with Crippen molar-refractivity contribution in [3.8, 4) is 0 Å². The van der Waals surface area contributed by atoms with E-state index in [9.17, 15) is 0 Å². The van der Waals surface area contributed by atoms with Crippen molar-refractivity contribution >= 4 is 0 Å². The van der Waals surface area contributed by atoms with Gasteiger partial charge in [-0.1, -0.05) is 26.7 Å². The lowest BCUT2D eigenvalue weighted by Crippen LogP contribution is -2.58. The molecule has 2 N–H and O–H groups in total. The Morgan fingerprint density at radius 3 is 2.29 bits per heavy atom. The van der Waals surface area contributed by atoms with Gasteiger partial charge in [-0.25, -0.2) is 0 Å². The second-order valence-corrected chi connectivity index (χ2v) is 5.78. The number of nitrogens with two attached hydrogens (primary N) is 1. The minimum absolute atomic E-state index is 0.369. The lowest BCUT2D eigenvalue weighted by molar-refractivity contribution is -0.000617. The van der Waals surface area contributed by atoms with Gasteiger partial charge in [-0.3, -0.25) is 0 Å². The summed E-state index contributed by atoms with van der Waals surface area (Å²) in [7, 11) is 0. The van der Waals surface area contributed by atoms with Gasteiger partial charge in [0.2, 0.25) is 0 Å². The van der Waals surface area contributed by atoms with Crippen molar-refractivity contribution in [1.29, 1.82) is 0 Å². The third kappa shape index (κ3) is 1.96. The molecule has 1 aliphatic heterocycles. The summed E-state index contributed by atoms with van der Waals surface area (Å²) >= 11 is 0. The Bertz CT molecular complexity index is 184. The fourth-order valence-corrected chi connectivity index (χ4v) is 2.98. The zero-order valence-corrected chi connectivity index (χ0v) is 9.63. The maximum atomic E-state index is 6.07. The predicted octanol–water partition coefficient (Wildman–Crippen LogP) is 1.85. The summed E-state index contributed by atoms with van der Waals surface area (Å²) in [5, 5.41) is 0. The first-order valence-corrected chi connectivity index (χ1v) is 6.09. The van der Waals surface area contributed by atoms with Crippen molar-refractivity contribution in [1.82, 2.24) is 4.90 Å². The lowest BCUT2D eigenvalue weighted by Gasteiger charge is -2.49. The second-order valence-electron chi connectivity index (χ2n) is 5.78. The average molecular weight is 196 g/mol. The largest absolute Gasteiger partial charge is 0.326 e. The number of hydrogen-bond donors (Lipinski definition) is 1. The van der Waals surface area contributed by atoms with E-state index in [4.69, 9.17) is 5.73 Å². The van der Waals surface area contributed by atoms with Crippen molar-refractivity contribution in [2.45, 2.75) is 45.6 Å². The molecule has 2 heteroatoms. The van der Waals surface area contributed by atoms with Gasteiger partial charge in [0.15, 0.2) is 0 Å². The zero-order chi connectivity index (χ0) is 10.2. The minimum Gasteiger partial charge on any atom is -0.326 e. The van der Waals surface area contributed by atoms with Crippen LogP contribution in [0, 0.1) is 11.3 Å². The fraction of sp³-hybridized carbons (Fsp3) is 1.00. The molecular weight excluding hydrogens is 172 g/mol. The van der Waals surface area contributed by atoms with Crippen LogP contribution in [0.15, 0.2) is 0 Å². The molecule has 82 valence electrons. The molecule has 2 nitrogen and oxygen atoms in total. The molecule has 2 rings (SSSR count). The van der Waals surface area contributed by atoms with Gasteiger partial charge in [0.25, 0.3) is 0 Å². The van der Waals surface area contributed by atoms with Crippen LogP contribution in [0.2, 0.25) is 0 Å². The Kier molecular flexibility index (Phi) is 2.85. The van der Waals surface area contributed by atoms with Crippen LogP contribution >= 0.6 is 0 Å². The van der Waals surface area contributed by atoms with E-state index in [1.54, 1.807) is 0 Å². The molecule has 1 aliphatic carbocycles. The lowest BCUT2D eigenvalue weighted by atomic mass is 9.78. The molecule has 1 atom stereocenters. The molecule has 1 spiro atoms.